The van der Waals surface area contributed by atoms with Crippen LogP contribution in [0.3, 0.4) is 0 Å². The molecule has 0 unspecified atom stereocenters. The minimum atomic E-state index is -3.78. The third-order valence-electron chi connectivity index (χ3n) is 5.84. The van der Waals surface area contributed by atoms with Gasteiger partial charge in [0.15, 0.2) is 16.3 Å². The Bertz CT molecular complexity index is 1590. The molecule has 1 aliphatic heterocycles. The van der Waals surface area contributed by atoms with Crippen LogP contribution in [0.25, 0.3) is 10.2 Å². The lowest BCUT2D eigenvalue weighted by Gasteiger charge is -2.22. The average Bonchev–Trinajstić information content (AvgIpc) is 3.47. The predicted octanol–water partition coefficient (Wildman–Crippen LogP) is 4.80. The van der Waals surface area contributed by atoms with Gasteiger partial charge in [-0.3, -0.25) is 9.10 Å². The minimum absolute atomic E-state index is 0.113. The molecule has 0 atom stereocenters. The number of nitrogens with zero attached hydrogens (tertiary/aromatic N) is 3. The van der Waals surface area contributed by atoms with Crippen LogP contribution in [0.4, 0.5) is 5.69 Å². The van der Waals surface area contributed by atoms with E-state index in [1.807, 2.05) is 22.8 Å². The fraction of sp³-hybridized carbons (Fsp3) is 0.231. The molecule has 0 N–H and O–H groups in total. The summed E-state index contributed by atoms with van der Waals surface area (Å²) in [6, 6.07) is 18.7. The Labute approximate surface area is 213 Å². The third-order valence-corrected chi connectivity index (χ3v) is 8.80. The van der Waals surface area contributed by atoms with E-state index in [1.165, 1.54) is 39.9 Å². The molecule has 10 heteroatoms. The van der Waals surface area contributed by atoms with E-state index in [2.05, 4.69) is 11.9 Å². The smallest absolute Gasteiger partial charge is 0.279 e. The second-order valence-corrected chi connectivity index (χ2v) is 11.0. The lowest BCUT2D eigenvalue weighted by Crippen LogP contribution is -2.30. The molecule has 36 heavy (non-hydrogen) atoms. The van der Waals surface area contributed by atoms with Crippen molar-refractivity contribution in [2.45, 2.75) is 31.7 Å². The number of aryl methyl sites for hydroxylation is 1. The van der Waals surface area contributed by atoms with Gasteiger partial charge < -0.3 is 14.0 Å². The van der Waals surface area contributed by atoms with Crippen LogP contribution in [0.5, 0.6) is 11.5 Å². The molecule has 1 aromatic heterocycles. The molecule has 3 aromatic carbocycles. The molecule has 5 rings (SSSR count). The van der Waals surface area contributed by atoms with Crippen LogP contribution in [-0.4, -0.2) is 32.2 Å². The van der Waals surface area contributed by atoms with Crippen LogP contribution >= 0.6 is 11.3 Å². The highest BCUT2D eigenvalue weighted by Gasteiger charge is 2.24. The van der Waals surface area contributed by atoms with Gasteiger partial charge in [-0.2, -0.15) is 4.99 Å². The van der Waals surface area contributed by atoms with Crippen LogP contribution < -0.4 is 18.6 Å². The summed E-state index contributed by atoms with van der Waals surface area (Å²) in [6.45, 7) is 5.01. The van der Waals surface area contributed by atoms with E-state index in [0.29, 0.717) is 34.1 Å². The topological polar surface area (TPSA) is 90.2 Å². The lowest BCUT2D eigenvalue weighted by atomic mass is 10.2. The number of para-hydroxylation sites is 1. The maximum absolute atomic E-state index is 13.2. The van der Waals surface area contributed by atoms with E-state index in [-0.39, 0.29) is 18.2 Å². The van der Waals surface area contributed by atoms with Gasteiger partial charge in [-0.1, -0.05) is 36.5 Å². The predicted molar refractivity (Wildman–Crippen MR) is 139 cm³/mol. The van der Waals surface area contributed by atoms with E-state index in [1.54, 1.807) is 31.2 Å². The zero-order valence-electron chi connectivity index (χ0n) is 19.9. The summed E-state index contributed by atoms with van der Waals surface area (Å²) in [4.78, 5) is 18.1. The number of aromatic nitrogens is 1. The molecule has 8 nitrogen and oxygen atoms in total. The first-order chi connectivity index (χ1) is 17.4. The maximum Gasteiger partial charge on any atom is 0.279 e. The maximum atomic E-state index is 13.2. The molecule has 0 fully saturated rings. The first-order valence-electron chi connectivity index (χ1n) is 11.6. The van der Waals surface area contributed by atoms with Gasteiger partial charge in [-0.05, 0) is 49.7 Å². The van der Waals surface area contributed by atoms with Crippen molar-refractivity contribution < 1.29 is 22.7 Å². The van der Waals surface area contributed by atoms with Crippen molar-refractivity contribution in [3.05, 3.63) is 77.1 Å². The SMILES string of the molecule is CCCn1c(=NC(=O)c2ccc(S(=O)(=O)N(CC)c3ccccc3)cc2)sc2cc3c(cc21)OCO3. The quantitative estimate of drug-likeness (QED) is 0.347. The van der Waals surface area contributed by atoms with Gasteiger partial charge in [0.2, 0.25) is 6.79 Å². The molecule has 4 aromatic rings. The van der Waals surface area contributed by atoms with E-state index in [9.17, 15) is 13.2 Å². The Morgan fingerprint density at radius 3 is 2.39 bits per heavy atom. The number of anilines is 1. The Kier molecular flexibility index (Phi) is 6.55. The van der Waals surface area contributed by atoms with Crippen molar-refractivity contribution in [2.24, 2.45) is 4.99 Å². The van der Waals surface area contributed by atoms with Gasteiger partial charge in [0.1, 0.15) is 0 Å². The number of benzene rings is 3. The van der Waals surface area contributed by atoms with Gasteiger partial charge in [-0.15, -0.1) is 0 Å². The minimum Gasteiger partial charge on any atom is -0.454 e. The lowest BCUT2D eigenvalue weighted by molar-refractivity contribution is 0.0997. The number of rotatable bonds is 7. The normalized spacial score (nSPS) is 13.3. The van der Waals surface area contributed by atoms with Crippen LogP contribution in [0.2, 0.25) is 0 Å². The molecular formula is C26H25N3O5S2. The number of hydrogen-bond acceptors (Lipinski definition) is 6. The molecule has 0 spiro atoms. The van der Waals surface area contributed by atoms with E-state index >= 15 is 0 Å². The Morgan fingerprint density at radius 1 is 1.03 bits per heavy atom. The second-order valence-electron chi connectivity index (χ2n) is 8.16. The molecule has 1 aliphatic rings. The number of fused-ring (bicyclic) bond motifs is 2. The summed E-state index contributed by atoms with van der Waals surface area (Å²) in [7, 11) is -3.78. The standard InChI is InChI=1S/C26H25N3O5S2/c1-3-14-28-21-15-22-23(34-17-33-22)16-24(21)35-26(28)27-25(30)18-10-12-20(13-11-18)36(31,32)29(4-2)19-8-6-5-7-9-19/h5-13,15-16H,3-4,14,17H2,1-2H3. The zero-order valence-corrected chi connectivity index (χ0v) is 21.5. The monoisotopic (exact) mass is 523 g/mol. The molecule has 186 valence electrons. The van der Waals surface area contributed by atoms with Crippen molar-refractivity contribution in [2.75, 3.05) is 17.6 Å². The molecule has 0 aliphatic carbocycles. The molecule has 0 bridgehead atoms. The van der Waals surface area contributed by atoms with Gasteiger partial charge in [0, 0.05) is 30.8 Å². The Balaban J connectivity index is 1.47. The summed E-state index contributed by atoms with van der Waals surface area (Å²) in [5.74, 6) is 0.918. The highest BCUT2D eigenvalue weighted by Crippen LogP contribution is 2.37. The van der Waals surface area contributed by atoms with E-state index in [0.717, 1.165) is 16.6 Å². The van der Waals surface area contributed by atoms with Crippen molar-refractivity contribution >= 4 is 43.2 Å². The van der Waals surface area contributed by atoms with Crippen LogP contribution in [0.1, 0.15) is 30.6 Å². The highest BCUT2D eigenvalue weighted by molar-refractivity contribution is 7.92. The Morgan fingerprint density at radius 2 is 1.72 bits per heavy atom. The van der Waals surface area contributed by atoms with Gasteiger partial charge in [0.05, 0.1) is 20.8 Å². The van der Waals surface area contributed by atoms with E-state index in [4.69, 9.17) is 9.47 Å². The first-order valence-corrected chi connectivity index (χ1v) is 13.9. The number of thiazole rings is 1. The summed E-state index contributed by atoms with van der Waals surface area (Å²) in [5.41, 5.74) is 1.83. The van der Waals surface area contributed by atoms with Crippen LogP contribution in [0, 0.1) is 0 Å². The number of carbonyl (C=O) groups excluding carboxylic acids is 1. The second kappa shape index (κ2) is 9.79. The van der Waals surface area contributed by atoms with Crippen molar-refractivity contribution in [3.63, 3.8) is 0 Å². The number of hydrogen-bond donors (Lipinski definition) is 0. The molecular weight excluding hydrogens is 498 g/mol. The fourth-order valence-corrected chi connectivity index (χ4v) is 6.66. The highest BCUT2D eigenvalue weighted by atomic mass is 32.2. The summed E-state index contributed by atoms with van der Waals surface area (Å²) >= 11 is 1.40. The van der Waals surface area contributed by atoms with Crippen LogP contribution in [-0.2, 0) is 16.6 Å². The van der Waals surface area contributed by atoms with Crippen molar-refractivity contribution in [1.29, 1.82) is 0 Å². The summed E-state index contributed by atoms with van der Waals surface area (Å²) < 4.78 is 41.7. The summed E-state index contributed by atoms with van der Waals surface area (Å²) in [6.07, 6.45) is 0.865. The molecule has 0 saturated carbocycles. The van der Waals surface area contributed by atoms with Crippen molar-refractivity contribution in [3.8, 4) is 11.5 Å². The fourth-order valence-electron chi connectivity index (χ4n) is 4.12. The van der Waals surface area contributed by atoms with Gasteiger partial charge in [-0.25, -0.2) is 8.42 Å². The molecule has 0 radical (unpaired) electrons. The van der Waals surface area contributed by atoms with Crippen LogP contribution in [0.15, 0.2) is 76.6 Å². The van der Waals surface area contributed by atoms with E-state index < -0.39 is 15.9 Å². The number of carbonyl (C=O) groups is 1. The average molecular weight is 524 g/mol. The third kappa shape index (κ3) is 4.38. The summed E-state index contributed by atoms with van der Waals surface area (Å²) in [5, 5.41) is 0. The molecule has 1 amide bonds. The number of amides is 1. The van der Waals surface area contributed by atoms with Gasteiger partial charge in [0.25, 0.3) is 15.9 Å². The number of sulfonamides is 1. The van der Waals surface area contributed by atoms with Gasteiger partial charge >= 0.3 is 0 Å². The van der Waals surface area contributed by atoms with Crippen molar-refractivity contribution in [1.82, 2.24) is 4.57 Å². The molecule has 2 heterocycles. The largest absolute Gasteiger partial charge is 0.454 e. The first kappa shape index (κ1) is 24.1. The zero-order chi connectivity index (χ0) is 25.3. The number of ether oxygens (including phenoxy) is 2. The molecule has 0 saturated heterocycles. The Hall–Kier alpha value is -3.63.